The lowest BCUT2D eigenvalue weighted by Gasteiger charge is -2.36. The molecular weight excluding hydrogens is 360 g/mol. The summed E-state index contributed by atoms with van der Waals surface area (Å²) >= 11 is 0. The Bertz CT molecular complexity index is 903. The molecule has 3 rings (SSSR count). The predicted molar refractivity (Wildman–Crippen MR) is 107 cm³/mol. The molecule has 8 heteroatoms. The zero-order valence-corrected chi connectivity index (χ0v) is 15.8. The number of anilines is 2. The van der Waals surface area contributed by atoms with E-state index in [1.54, 1.807) is 30.1 Å². The van der Waals surface area contributed by atoms with Crippen molar-refractivity contribution in [1.29, 1.82) is 0 Å². The van der Waals surface area contributed by atoms with Crippen LogP contribution < -0.4 is 10.2 Å². The van der Waals surface area contributed by atoms with E-state index in [0.717, 1.165) is 5.69 Å². The van der Waals surface area contributed by atoms with E-state index in [1.807, 2.05) is 12.1 Å². The highest BCUT2D eigenvalue weighted by Gasteiger charge is 2.25. The van der Waals surface area contributed by atoms with E-state index in [9.17, 15) is 19.7 Å². The molecule has 1 aliphatic heterocycles. The second-order valence-corrected chi connectivity index (χ2v) is 6.62. The fourth-order valence-corrected chi connectivity index (χ4v) is 3.29. The van der Waals surface area contributed by atoms with E-state index >= 15 is 0 Å². The standard InChI is InChI=1S/C20H22N4O4/c1-14(25)15-3-5-16(6-4-15)22-9-11-23(12-10-22)20(26)18-13-17(24(27)28)7-8-19(18)21-2/h3-8,13,21H,9-12H2,1-2H3. The molecule has 0 atom stereocenters. The lowest BCUT2D eigenvalue weighted by molar-refractivity contribution is -0.384. The molecular formula is C20H22N4O4. The van der Waals surface area contributed by atoms with Gasteiger partial charge in [-0.3, -0.25) is 19.7 Å². The Labute approximate surface area is 162 Å². The van der Waals surface area contributed by atoms with Gasteiger partial charge < -0.3 is 15.1 Å². The third-order valence-corrected chi connectivity index (χ3v) is 4.92. The summed E-state index contributed by atoms with van der Waals surface area (Å²) in [6.07, 6.45) is 0. The molecule has 0 spiro atoms. The van der Waals surface area contributed by atoms with Gasteiger partial charge in [-0.05, 0) is 37.3 Å². The van der Waals surface area contributed by atoms with Crippen LogP contribution in [0.25, 0.3) is 0 Å². The number of amides is 1. The summed E-state index contributed by atoms with van der Waals surface area (Å²) in [6, 6.07) is 11.7. The van der Waals surface area contributed by atoms with Crippen LogP contribution in [0.3, 0.4) is 0 Å². The Morgan fingerprint density at radius 3 is 2.21 bits per heavy atom. The maximum atomic E-state index is 12.9. The Morgan fingerprint density at radius 1 is 1.04 bits per heavy atom. The molecule has 1 aliphatic rings. The summed E-state index contributed by atoms with van der Waals surface area (Å²) in [7, 11) is 1.68. The SMILES string of the molecule is CNc1ccc([N+](=O)[O-])cc1C(=O)N1CCN(c2ccc(C(C)=O)cc2)CC1. The molecule has 0 unspecified atom stereocenters. The third-order valence-electron chi connectivity index (χ3n) is 4.92. The van der Waals surface area contributed by atoms with E-state index in [0.29, 0.717) is 43.0 Å². The largest absolute Gasteiger partial charge is 0.387 e. The number of nitro groups is 1. The lowest BCUT2D eigenvalue weighted by Crippen LogP contribution is -2.48. The normalized spacial score (nSPS) is 13.9. The van der Waals surface area contributed by atoms with Gasteiger partial charge in [-0.1, -0.05) is 0 Å². The Morgan fingerprint density at radius 2 is 1.68 bits per heavy atom. The predicted octanol–water partition coefficient (Wildman–Crippen LogP) is 2.80. The first-order chi connectivity index (χ1) is 13.4. The number of carbonyl (C=O) groups excluding carboxylic acids is 2. The van der Waals surface area contributed by atoms with Crippen molar-refractivity contribution in [1.82, 2.24) is 4.90 Å². The lowest BCUT2D eigenvalue weighted by atomic mass is 10.1. The average Bonchev–Trinajstić information content (AvgIpc) is 2.72. The van der Waals surface area contributed by atoms with Crippen LogP contribution >= 0.6 is 0 Å². The minimum Gasteiger partial charge on any atom is -0.387 e. The molecule has 2 aromatic rings. The van der Waals surface area contributed by atoms with Gasteiger partial charge in [0, 0.05) is 62.3 Å². The van der Waals surface area contributed by atoms with Crippen molar-refractivity contribution in [2.24, 2.45) is 0 Å². The van der Waals surface area contributed by atoms with Crippen molar-refractivity contribution < 1.29 is 14.5 Å². The van der Waals surface area contributed by atoms with Crippen LogP contribution in [-0.2, 0) is 0 Å². The molecule has 1 saturated heterocycles. The molecule has 2 aromatic carbocycles. The van der Waals surface area contributed by atoms with Crippen LogP contribution in [-0.4, -0.2) is 54.7 Å². The maximum Gasteiger partial charge on any atom is 0.270 e. The van der Waals surface area contributed by atoms with Crippen LogP contribution in [0.4, 0.5) is 17.1 Å². The fourth-order valence-electron chi connectivity index (χ4n) is 3.29. The van der Waals surface area contributed by atoms with E-state index in [-0.39, 0.29) is 17.4 Å². The van der Waals surface area contributed by atoms with Gasteiger partial charge in [0.15, 0.2) is 5.78 Å². The average molecular weight is 382 g/mol. The number of non-ortho nitro benzene ring substituents is 1. The van der Waals surface area contributed by atoms with Crippen molar-refractivity contribution >= 4 is 28.8 Å². The highest BCUT2D eigenvalue weighted by molar-refractivity contribution is 6.00. The van der Waals surface area contributed by atoms with Crippen LogP contribution in [0.5, 0.6) is 0 Å². The highest BCUT2D eigenvalue weighted by Crippen LogP contribution is 2.25. The molecule has 0 saturated carbocycles. The molecule has 1 N–H and O–H groups in total. The molecule has 8 nitrogen and oxygen atoms in total. The van der Waals surface area contributed by atoms with Gasteiger partial charge in [-0.25, -0.2) is 0 Å². The Kier molecular flexibility index (Phi) is 5.58. The highest BCUT2D eigenvalue weighted by atomic mass is 16.6. The van der Waals surface area contributed by atoms with Crippen molar-refractivity contribution in [3.05, 3.63) is 63.7 Å². The topological polar surface area (TPSA) is 95.8 Å². The van der Waals surface area contributed by atoms with Crippen molar-refractivity contribution in [2.75, 3.05) is 43.4 Å². The zero-order chi connectivity index (χ0) is 20.3. The summed E-state index contributed by atoms with van der Waals surface area (Å²) < 4.78 is 0. The number of nitro benzene ring substituents is 1. The van der Waals surface area contributed by atoms with Gasteiger partial charge in [0.2, 0.25) is 0 Å². The second kappa shape index (κ2) is 8.08. The number of hydrogen-bond donors (Lipinski definition) is 1. The number of nitrogens with zero attached hydrogens (tertiary/aromatic N) is 3. The van der Waals surface area contributed by atoms with Crippen LogP contribution in [0, 0.1) is 10.1 Å². The van der Waals surface area contributed by atoms with Gasteiger partial charge in [-0.2, -0.15) is 0 Å². The van der Waals surface area contributed by atoms with E-state index < -0.39 is 4.92 Å². The molecule has 0 radical (unpaired) electrons. The number of benzene rings is 2. The fraction of sp³-hybridized carbons (Fsp3) is 0.300. The summed E-state index contributed by atoms with van der Waals surface area (Å²) in [6.45, 7) is 3.86. The van der Waals surface area contributed by atoms with Gasteiger partial charge >= 0.3 is 0 Å². The molecule has 1 heterocycles. The van der Waals surface area contributed by atoms with Crippen molar-refractivity contribution in [2.45, 2.75) is 6.92 Å². The van der Waals surface area contributed by atoms with Gasteiger partial charge in [0.1, 0.15) is 0 Å². The van der Waals surface area contributed by atoms with Gasteiger partial charge in [0.25, 0.3) is 11.6 Å². The molecule has 1 fully saturated rings. The monoisotopic (exact) mass is 382 g/mol. The summed E-state index contributed by atoms with van der Waals surface area (Å²) in [4.78, 5) is 38.7. The zero-order valence-electron chi connectivity index (χ0n) is 15.8. The summed E-state index contributed by atoms with van der Waals surface area (Å²) in [5.41, 5.74) is 2.44. The third kappa shape index (κ3) is 3.95. The molecule has 1 amide bonds. The van der Waals surface area contributed by atoms with Gasteiger partial charge in [-0.15, -0.1) is 0 Å². The van der Waals surface area contributed by atoms with E-state index in [2.05, 4.69) is 10.2 Å². The summed E-state index contributed by atoms with van der Waals surface area (Å²) in [5.74, 6) is -0.195. The first kappa shape index (κ1) is 19.3. The molecule has 0 aliphatic carbocycles. The number of Topliss-reactive ketones (excluding diaryl/α,β-unsaturated/α-hetero) is 1. The van der Waals surface area contributed by atoms with E-state index in [4.69, 9.17) is 0 Å². The molecule has 28 heavy (non-hydrogen) atoms. The molecule has 0 aromatic heterocycles. The minimum absolute atomic E-state index is 0.0271. The van der Waals surface area contributed by atoms with Gasteiger partial charge in [0.05, 0.1) is 10.5 Å². The summed E-state index contributed by atoms with van der Waals surface area (Å²) in [5, 5.41) is 14.0. The molecule has 146 valence electrons. The molecule has 0 bridgehead atoms. The quantitative estimate of drug-likeness (QED) is 0.485. The van der Waals surface area contributed by atoms with Crippen LogP contribution in [0.2, 0.25) is 0 Å². The van der Waals surface area contributed by atoms with Crippen molar-refractivity contribution in [3.63, 3.8) is 0 Å². The maximum absolute atomic E-state index is 12.9. The van der Waals surface area contributed by atoms with Crippen LogP contribution in [0.1, 0.15) is 27.6 Å². The van der Waals surface area contributed by atoms with Crippen molar-refractivity contribution in [3.8, 4) is 0 Å². The number of nitrogens with one attached hydrogen (secondary N) is 1. The number of rotatable bonds is 5. The number of hydrogen-bond acceptors (Lipinski definition) is 6. The Balaban J connectivity index is 1.71. The minimum atomic E-state index is -0.501. The first-order valence-electron chi connectivity index (χ1n) is 9.02. The second-order valence-electron chi connectivity index (χ2n) is 6.62. The Hall–Kier alpha value is -3.42. The van der Waals surface area contributed by atoms with Crippen LogP contribution in [0.15, 0.2) is 42.5 Å². The smallest absolute Gasteiger partial charge is 0.270 e. The number of ketones is 1. The number of carbonyl (C=O) groups is 2. The first-order valence-corrected chi connectivity index (χ1v) is 9.02. The van der Waals surface area contributed by atoms with E-state index in [1.165, 1.54) is 19.1 Å². The number of piperazine rings is 1.